The van der Waals surface area contributed by atoms with E-state index in [0.717, 1.165) is 49.9 Å². The molecule has 1 atom stereocenters. The molecule has 0 saturated carbocycles. The fourth-order valence-corrected chi connectivity index (χ4v) is 7.73. The van der Waals surface area contributed by atoms with Gasteiger partial charge in [-0.1, -0.05) is 6.07 Å². The summed E-state index contributed by atoms with van der Waals surface area (Å²) >= 11 is 0. The van der Waals surface area contributed by atoms with Crippen molar-refractivity contribution in [1.82, 2.24) is 29.5 Å². The second kappa shape index (κ2) is 17.5. The van der Waals surface area contributed by atoms with Crippen LogP contribution in [0, 0.1) is 5.92 Å². The van der Waals surface area contributed by atoms with E-state index < -0.39 is 29.8 Å². The number of likely N-dealkylation sites (tertiary alicyclic amines) is 2. The number of aromatic nitrogens is 3. The van der Waals surface area contributed by atoms with E-state index in [4.69, 9.17) is 14.5 Å². The molecular weight excluding hydrogens is 771 g/mol. The van der Waals surface area contributed by atoms with Gasteiger partial charge in [0.2, 0.25) is 11.8 Å². The highest BCUT2D eigenvalue weighted by Crippen LogP contribution is 2.33. The number of nitrogens with zero attached hydrogens (tertiary/aromatic N) is 5. The summed E-state index contributed by atoms with van der Waals surface area (Å²) in [4.78, 5) is 74.9. The maximum atomic E-state index is 13.3. The molecule has 0 bridgehead atoms. The van der Waals surface area contributed by atoms with Crippen LogP contribution in [0.15, 0.2) is 60.9 Å². The Balaban J connectivity index is 0.875. The molecule has 5 amide bonds. The lowest BCUT2D eigenvalue weighted by molar-refractivity contribution is -0.141. The minimum absolute atomic E-state index is 0.0799. The van der Waals surface area contributed by atoms with Crippen LogP contribution >= 0.6 is 0 Å². The number of benzene rings is 1. The lowest BCUT2D eigenvalue weighted by Crippen LogP contribution is -2.46. The minimum atomic E-state index is -4.69. The molecule has 3 fully saturated rings. The predicted octanol–water partition coefficient (Wildman–Crippen LogP) is 6.01. The third kappa shape index (κ3) is 10.0. The Morgan fingerprint density at radius 3 is 2.31 bits per heavy atom. The molecular formula is C42H46F3N7O7. The molecule has 3 aliphatic heterocycles. The lowest BCUT2D eigenvalue weighted by atomic mass is 9.90. The first-order chi connectivity index (χ1) is 28.2. The van der Waals surface area contributed by atoms with Crippen molar-refractivity contribution in [2.45, 2.75) is 89.5 Å². The van der Waals surface area contributed by atoms with Gasteiger partial charge in [0, 0.05) is 75.4 Å². The van der Waals surface area contributed by atoms with E-state index in [0.29, 0.717) is 67.6 Å². The zero-order valence-corrected chi connectivity index (χ0v) is 32.8. The molecule has 1 aromatic carbocycles. The second-order valence-corrected chi connectivity index (χ2v) is 15.5. The van der Waals surface area contributed by atoms with E-state index in [1.54, 1.807) is 40.9 Å². The van der Waals surface area contributed by atoms with Gasteiger partial charge in [-0.2, -0.15) is 13.2 Å². The molecule has 0 aliphatic carbocycles. The van der Waals surface area contributed by atoms with Crippen LogP contribution in [-0.4, -0.2) is 92.1 Å². The molecule has 0 spiro atoms. The number of hydrogen-bond acceptors (Lipinski definition) is 9. The van der Waals surface area contributed by atoms with Crippen molar-refractivity contribution in [1.29, 1.82) is 0 Å². The molecule has 7 rings (SSSR count). The zero-order chi connectivity index (χ0) is 41.8. The zero-order valence-electron chi connectivity index (χ0n) is 32.8. The number of fused-ring (bicyclic) bond motifs is 1. The van der Waals surface area contributed by atoms with Gasteiger partial charge in [-0.15, -0.1) is 0 Å². The SMILES string of the molecule is CC(C)Oc1cc2nc(C3CCN(C(=O)CCC4CCN(C(=O)c5ccc(OC6CCC(=O)NC6=O)cc5)CC4)CC3)cn2cc1NC(=O)c1cccc(C(F)(F)F)n1. The molecule has 3 aromatic heterocycles. The summed E-state index contributed by atoms with van der Waals surface area (Å²) in [7, 11) is 0. The molecule has 3 aliphatic rings. The smallest absolute Gasteiger partial charge is 0.433 e. The molecule has 3 saturated heterocycles. The Bertz CT molecular complexity index is 2210. The highest BCUT2D eigenvalue weighted by molar-refractivity contribution is 6.04. The number of carbonyl (C=O) groups excluding carboxylic acids is 5. The molecule has 17 heteroatoms. The van der Waals surface area contributed by atoms with Gasteiger partial charge in [0.1, 0.15) is 34.2 Å². The van der Waals surface area contributed by atoms with Gasteiger partial charge in [-0.25, -0.2) is 9.97 Å². The molecule has 2 N–H and O–H groups in total. The molecule has 312 valence electrons. The largest absolute Gasteiger partial charge is 0.489 e. The number of carbonyl (C=O) groups is 5. The Hall–Kier alpha value is -6.00. The Kier molecular flexibility index (Phi) is 12.2. The summed E-state index contributed by atoms with van der Waals surface area (Å²) in [6, 6.07) is 11.5. The van der Waals surface area contributed by atoms with Crippen LogP contribution in [0.3, 0.4) is 0 Å². The lowest BCUT2D eigenvalue weighted by Gasteiger charge is -2.34. The Labute approximate surface area is 338 Å². The molecule has 0 radical (unpaired) electrons. The van der Waals surface area contributed by atoms with Crippen molar-refractivity contribution in [3.05, 3.63) is 83.6 Å². The van der Waals surface area contributed by atoms with E-state index in [1.165, 1.54) is 6.07 Å². The number of piperidine rings is 3. The van der Waals surface area contributed by atoms with Crippen LogP contribution in [0.25, 0.3) is 5.65 Å². The number of ether oxygens (including phenoxy) is 2. The van der Waals surface area contributed by atoms with Crippen molar-refractivity contribution in [2.75, 3.05) is 31.5 Å². The number of pyridine rings is 2. The van der Waals surface area contributed by atoms with Crippen molar-refractivity contribution >= 4 is 40.9 Å². The number of anilines is 1. The van der Waals surface area contributed by atoms with Crippen molar-refractivity contribution in [3.63, 3.8) is 0 Å². The normalized spacial score (nSPS) is 18.2. The van der Waals surface area contributed by atoms with Gasteiger partial charge in [-0.3, -0.25) is 29.3 Å². The first-order valence-electron chi connectivity index (χ1n) is 19.9. The van der Waals surface area contributed by atoms with E-state index in [-0.39, 0.29) is 47.5 Å². The maximum absolute atomic E-state index is 13.3. The van der Waals surface area contributed by atoms with Gasteiger partial charge in [0.15, 0.2) is 6.10 Å². The summed E-state index contributed by atoms with van der Waals surface area (Å²) in [5.41, 5.74) is 0.626. The molecule has 59 heavy (non-hydrogen) atoms. The summed E-state index contributed by atoms with van der Waals surface area (Å²) < 4.78 is 53.1. The summed E-state index contributed by atoms with van der Waals surface area (Å²) in [6.07, 6.45) is 2.55. The first kappa shape index (κ1) is 41.2. The summed E-state index contributed by atoms with van der Waals surface area (Å²) in [6.45, 7) is 6.02. The third-order valence-electron chi connectivity index (χ3n) is 11.0. The average Bonchev–Trinajstić information content (AvgIpc) is 3.63. The fourth-order valence-electron chi connectivity index (χ4n) is 7.73. The molecule has 14 nitrogen and oxygen atoms in total. The van der Waals surface area contributed by atoms with E-state index in [1.807, 2.05) is 29.8 Å². The Morgan fingerprint density at radius 1 is 0.915 bits per heavy atom. The topological polar surface area (TPSA) is 165 Å². The van der Waals surface area contributed by atoms with Crippen LogP contribution in [0.4, 0.5) is 18.9 Å². The van der Waals surface area contributed by atoms with Crippen molar-refractivity contribution < 1.29 is 46.6 Å². The average molecular weight is 818 g/mol. The van der Waals surface area contributed by atoms with Gasteiger partial charge in [-0.05, 0) is 88.3 Å². The molecule has 4 aromatic rings. The number of nitrogens with one attached hydrogen (secondary N) is 2. The van der Waals surface area contributed by atoms with Gasteiger partial charge in [0.05, 0.1) is 11.8 Å². The fraction of sp³-hybridized carbons (Fsp3) is 0.452. The number of hydrogen-bond donors (Lipinski definition) is 2. The third-order valence-corrected chi connectivity index (χ3v) is 11.0. The van der Waals surface area contributed by atoms with Gasteiger partial charge in [0.25, 0.3) is 17.7 Å². The number of amides is 5. The number of halogens is 3. The highest BCUT2D eigenvalue weighted by Gasteiger charge is 2.34. The quantitative estimate of drug-likeness (QED) is 0.173. The van der Waals surface area contributed by atoms with Crippen LogP contribution < -0.4 is 20.1 Å². The summed E-state index contributed by atoms with van der Waals surface area (Å²) in [5, 5.41) is 4.92. The van der Waals surface area contributed by atoms with Crippen LogP contribution in [0.5, 0.6) is 11.5 Å². The Morgan fingerprint density at radius 2 is 1.63 bits per heavy atom. The highest BCUT2D eigenvalue weighted by atomic mass is 19.4. The van der Waals surface area contributed by atoms with Crippen molar-refractivity contribution in [3.8, 4) is 11.5 Å². The monoisotopic (exact) mass is 817 g/mol. The first-order valence-corrected chi connectivity index (χ1v) is 19.9. The van der Waals surface area contributed by atoms with Crippen LogP contribution in [0.1, 0.15) is 103 Å². The van der Waals surface area contributed by atoms with Gasteiger partial charge < -0.3 is 29.0 Å². The number of imide groups is 1. The van der Waals surface area contributed by atoms with Crippen LogP contribution in [-0.2, 0) is 20.6 Å². The van der Waals surface area contributed by atoms with Gasteiger partial charge >= 0.3 is 6.18 Å². The number of rotatable bonds is 11. The maximum Gasteiger partial charge on any atom is 0.433 e. The van der Waals surface area contributed by atoms with Crippen molar-refractivity contribution in [2.24, 2.45) is 5.92 Å². The molecule has 6 heterocycles. The van der Waals surface area contributed by atoms with Crippen LogP contribution in [0.2, 0.25) is 0 Å². The minimum Gasteiger partial charge on any atom is -0.489 e. The second-order valence-electron chi connectivity index (χ2n) is 15.5. The predicted molar refractivity (Wildman–Crippen MR) is 208 cm³/mol. The number of alkyl halides is 3. The van der Waals surface area contributed by atoms with E-state index in [2.05, 4.69) is 15.6 Å². The summed E-state index contributed by atoms with van der Waals surface area (Å²) in [5.74, 6) is -0.369. The van der Waals surface area contributed by atoms with E-state index in [9.17, 15) is 37.1 Å². The number of imidazole rings is 1. The molecule has 1 unspecified atom stereocenters. The standard InChI is InChI=1S/C42H46F3N7O7/c1-25(2)58-34-22-36-47-31(23-52(36)24-32(34)48-39(55)30-4-3-5-35(46-30)42(43,44)45)27-16-20-50(21-17-27)38(54)13-6-26-14-18-51(19-15-26)41(57)28-7-9-29(10-8-28)59-33-11-12-37(53)49-40(33)56/h3-5,7-10,22-27,33H,6,11-21H2,1-2H3,(H,48,55)(H,49,53,56). The van der Waals surface area contributed by atoms with E-state index >= 15 is 0 Å².